The molecular formula is C14H19ClFNO. The predicted molar refractivity (Wildman–Crippen MR) is 71.8 cm³/mol. The minimum absolute atomic E-state index is 0.0456. The molecule has 0 aromatic heterocycles. The van der Waals surface area contributed by atoms with Gasteiger partial charge < -0.3 is 10.5 Å². The number of methoxy groups -OCH3 is 1. The molecule has 0 saturated heterocycles. The van der Waals surface area contributed by atoms with E-state index in [4.69, 9.17) is 22.1 Å². The summed E-state index contributed by atoms with van der Waals surface area (Å²) in [6, 6.07) is 3.35. The number of hydrogen-bond donors (Lipinski definition) is 1. The summed E-state index contributed by atoms with van der Waals surface area (Å²) in [6.07, 6.45) is 5.53. The van der Waals surface area contributed by atoms with Gasteiger partial charge in [-0.15, -0.1) is 0 Å². The molecule has 0 unspecified atom stereocenters. The van der Waals surface area contributed by atoms with Crippen LogP contribution in [0.2, 0.25) is 5.02 Å². The van der Waals surface area contributed by atoms with Crippen molar-refractivity contribution in [2.75, 3.05) is 13.7 Å². The highest BCUT2D eigenvalue weighted by Gasteiger charge is 2.33. The third-order valence-corrected chi connectivity index (χ3v) is 4.40. The minimum atomic E-state index is -0.426. The molecule has 1 aliphatic rings. The van der Waals surface area contributed by atoms with Gasteiger partial charge in [-0.25, -0.2) is 4.39 Å². The molecule has 0 aliphatic heterocycles. The van der Waals surface area contributed by atoms with E-state index in [2.05, 4.69) is 0 Å². The molecule has 0 radical (unpaired) electrons. The van der Waals surface area contributed by atoms with Gasteiger partial charge in [0.25, 0.3) is 0 Å². The van der Waals surface area contributed by atoms with Gasteiger partial charge in [-0.05, 0) is 30.5 Å². The van der Waals surface area contributed by atoms with E-state index in [0.717, 1.165) is 31.2 Å². The monoisotopic (exact) mass is 271 g/mol. The number of hydrogen-bond acceptors (Lipinski definition) is 2. The van der Waals surface area contributed by atoms with Crippen molar-refractivity contribution in [2.45, 2.75) is 37.5 Å². The summed E-state index contributed by atoms with van der Waals surface area (Å²) in [7, 11) is 1.50. The molecule has 1 aromatic rings. The second-order valence-corrected chi connectivity index (χ2v) is 5.40. The number of benzene rings is 1. The second-order valence-electron chi connectivity index (χ2n) is 5.02. The summed E-state index contributed by atoms with van der Waals surface area (Å²) in [6.45, 7) is 0.539. The van der Waals surface area contributed by atoms with E-state index in [9.17, 15) is 4.39 Å². The summed E-state index contributed by atoms with van der Waals surface area (Å²) in [5, 5.41) is 0.0456. The molecule has 100 valence electrons. The van der Waals surface area contributed by atoms with E-state index in [0.29, 0.717) is 12.3 Å². The van der Waals surface area contributed by atoms with Crippen molar-refractivity contribution in [3.05, 3.63) is 28.5 Å². The standard InChI is InChI=1S/C14H19ClFNO/c1-18-12-8-10(7-11(16)13(12)15)14(9-17)5-3-2-4-6-14/h7-8H,2-6,9,17H2,1H3. The molecule has 0 amide bonds. The van der Waals surface area contributed by atoms with Crippen molar-refractivity contribution >= 4 is 11.6 Å². The van der Waals surface area contributed by atoms with Crippen molar-refractivity contribution in [3.63, 3.8) is 0 Å². The number of halogens is 2. The molecule has 1 saturated carbocycles. The normalized spacial score (nSPS) is 18.7. The Balaban J connectivity index is 2.45. The minimum Gasteiger partial charge on any atom is -0.495 e. The fraction of sp³-hybridized carbons (Fsp3) is 0.571. The van der Waals surface area contributed by atoms with Crippen molar-refractivity contribution < 1.29 is 9.13 Å². The molecule has 2 N–H and O–H groups in total. The largest absolute Gasteiger partial charge is 0.495 e. The lowest BCUT2D eigenvalue weighted by Crippen LogP contribution is -2.37. The van der Waals surface area contributed by atoms with Crippen LogP contribution in [0.25, 0.3) is 0 Å². The van der Waals surface area contributed by atoms with Crippen LogP contribution in [-0.2, 0) is 5.41 Å². The molecule has 0 heterocycles. The smallest absolute Gasteiger partial charge is 0.145 e. The van der Waals surface area contributed by atoms with Crippen molar-refractivity contribution in [1.29, 1.82) is 0 Å². The Morgan fingerprint density at radius 1 is 1.33 bits per heavy atom. The van der Waals surface area contributed by atoms with Gasteiger partial charge in [0.15, 0.2) is 0 Å². The maximum Gasteiger partial charge on any atom is 0.145 e. The Labute approximate surface area is 112 Å². The molecule has 0 atom stereocenters. The van der Waals surface area contributed by atoms with Crippen LogP contribution in [0.3, 0.4) is 0 Å². The van der Waals surface area contributed by atoms with Crippen LogP contribution in [0.15, 0.2) is 12.1 Å². The van der Waals surface area contributed by atoms with Crippen LogP contribution < -0.4 is 10.5 Å². The lowest BCUT2D eigenvalue weighted by molar-refractivity contribution is 0.298. The number of nitrogens with two attached hydrogens (primary N) is 1. The van der Waals surface area contributed by atoms with Gasteiger partial charge in [0.2, 0.25) is 0 Å². The highest BCUT2D eigenvalue weighted by atomic mass is 35.5. The first-order valence-electron chi connectivity index (χ1n) is 6.36. The molecule has 0 spiro atoms. The van der Waals surface area contributed by atoms with E-state index in [-0.39, 0.29) is 10.4 Å². The van der Waals surface area contributed by atoms with Gasteiger partial charge in [-0.3, -0.25) is 0 Å². The quantitative estimate of drug-likeness (QED) is 0.911. The van der Waals surface area contributed by atoms with E-state index in [1.807, 2.05) is 6.07 Å². The Morgan fingerprint density at radius 3 is 2.56 bits per heavy atom. The summed E-state index contributed by atoms with van der Waals surface area (Å²) in [4.78, 5) is 0. The Bertz CT molecular complexity index is 430. The van der Waals surface area contributed by atoms with E-state index < -0.39 is 5.82 Å². The van der Waals surface area contributed by atoms with Gasteiger partial charge in [-0.2, -0.15) is 0 Å². The first-order valence-corrected chi connectivity index (χ1v) is 6.74. The second kappa shape index (κ2) is 5.45. The Kier molecular flexibility index (Phi) is 4.13. The molecule has 1 fully saturated rings. The van der Waals surface area contributed by atoms with Crippen LogP contribution in [0.4, 0.5) is 4.39 Å². The van der Waals surface area contributed by atoms with E-state index >= 15 is 0 Å². The summed E-state index contributed by atoms with van der Waals surface area (Å²) >= 11 is 5.86. The molecule has 1 aliphatic carbocycles. The zero-order valence-corrected chi connectivity index (χ0v) is 11.4. The van der Waals surface area contributed by atoms with Crippen LogP contribution in [0, 0.1) is 5.82 Å². The first-order chi connectivity index (χ1) is 8.63. The predicted octanol–water partition coefficient (Wildman–Crippen LogP) is 3.65. The van der Waals surface area contributed by atoms with Gasteiger partial charge in [0.1, 0.15) is 16.6 Å². The van der Waals surface area contributed by atoms with Crippen LogP contribution >= 0.6 is 11.6 Å². The Morgan fingerprint density at radius 2 is 2.00 bits per heavy atom. The molecule has 2 nitrogen and oxygen atoms in total. The zero-order chi connectivity index (χ0) is 13.2. The third-order valence-electron chi connectivity index (χ3n) is 4.03. The van der Waals surface area contributed by atoms with Gasteiger partial charge >= 0.3 is 0 Å². The Hall–Kier alpha value is -0.800. The maximum atomic E-state index is 13.8. The van der Waals surface area contributed by atoms with Gasteiger partial charge in [0, 0.05) is 12.0 Å². The van der Waals surface area contributed by atoms with Crippen molar-refractivity contribution in [1.82, 2.24) is 0 Å². The van der Waals surface area contributed by atoms with E-state index in [1.165, 1.54) is 19.6 Å². The highest BCUT2D eigenvalue weighted by molar-refractivity contribution is 6.32. The maximum absolute atomic E-state index is 13.8. The fourth-order valence-corrected chi connectivity index (χ4v) is 3.04. The molecule has 18 heavy (non-hydrogen) atoms. The molecular weight excluding hydrogens is 253 g/mol. The highest BCUT2D eigenvalue weighted by Crippen LogP contribution is 2.41. The average Bonchev–Trinajstić information content (AvgIpc) is 2.42. The van der Waals surface area contributed by atoms with Crippen molar-refractivity contribution in [2.24, 2.45) is 5.73 Å². The van der Waals surface area contributed by atoms with E-state index in [1.54, 1.807) is 0 Å². The van der Waals surface area contributed by atoms with Crippen LogP contribution in [0.5, 0.6) is 5.75 Å². The SMILES string of the molecule is COc1cc(C2(CN)CCCCC2)cc(F)c1Cl. The molecule has 1 aromatic carbocycles. The van der Waals surface area contributed by atoms with Crippen LogP contribution in [0.1, 0.15) is 37.7 Å². The average molecular weight is 272 g/mol. The topological polar surface area (TPSA) is 35.2 Å². The fourth-order valence-electron chi connectivity index (χ4n) is 2.86. The molecule has 0 bridgehead atoms. The van der Waals surface area contributed by atoms with Crippen LogP contribution in [-0.4, -0.2) is 13.7 Å². The first kappa shape index (κ1) is 13.6. The molecule has 2 rings (SSSR count). The van der Waals surface area contributed by atoms with Gasteiger partial charge in [0.05, 0.1) is 7.11 Å². The third kappa shape index (κ3) is 2.34. The number of rotatable bonds is 3. The summed E-state index contributed by atoms with van der Waals surface area (Å²) in [5.41, 5.74) is 6.76. The summed E-state index contributed by atoms with van der Waals surface area (Å²) < 4.78 is 19.0. The summed E-state index contributed by atoms with van der Waals surface area (Å²) in [5.74, 6) is -0.0329. The lowest BCUT2D eigenvalue weighted by atomic mass is 9.69. The van der Waals surface area contributed by atoms with Gasteiger partial charge in [-0.1, -0.05) is 30.9 Å². The lowest BCUT2D eigenvalue weighted by Gasteiger charge is -2.37. The number of ether oxygens (including phenoxy) is 1. The zero-order valence-electron chi connectivity index (χ0n) is 10.6. The van der Waals surface area contributed by atoms with Crippen molar-refractivity contribution in [3.8, 4) is 5.75 Å². The molecule has 4 heteroatoms.